The Morgan fingerprint density at radius 1 is 1.15 bits per heavy atom. The Labute approximate surface area is 239 Å². The minimum absolute atomic E-state index is 0.275. The number of aliphatic carboxylic acids is 1. The molecule has 1 amide bonds. The Balaban J connectivity index is 1.60. The third-order valence-corrected chi connectivity index (χ3v) is 7.69. The standard InChI is InChI=1S/C29H21BrFN3O5S/c1-16-25(27(37)33-20-5-3-2-4-6-20)26(18-8-10-19(31)11-9-18)34-28(38)23(40-29(34)32-16)14-17-7-12-22(21(30)13-17)39-15-24(35)36/h2-14,26H,15H2,1H3,(H,33,37)(H,35,36)/b23-14+/t26-/m1/s1. The van der Waals surface area contributed by atoms with Gasteiger partial charge in [0.2, 0.25) is 0 Å². The summed E-state index contributed by atoms with van der Waals surface area (Å²) in [5.74, 6) is -1.60. The molecule has 3 aromatic carbocycles. The molecule has 11 heteroatoms. The number of rotatable bonds is 7. The van der Waals surface area contributed by atoms with E-state index in [0.29, 0.717) is 42.1 Å². The molecule has 0 aliphatic carbocycles. The molecule has 1 aliphatic heterocycles. The van der Waals surface area contributed by atoms with Crippen molar-refractivity contribution in [2.24, 2.45) is 4.99 Å². The molecule has 0 bridgehead atoms. The lowest BCUT2D eigenvalue weighted by Crippen LogP contribution is -2.40. The number of carboxylic acid groups (broad SMARTS) is 1. The number of anilines is 1. The third kappa shape index (κ3) is 5.65. The van der Waals surface area contributed by atoms with Crippen molar-refractivity contribution in [1.29, 1.82) is 0 Å². The lowest BCUT2D eigenvalue weighted by molar-refractivity contribution is -0.139. The Hall–Kier alpha value is -4.35. The Morgan fingerprint density at radius 2 is 1.88 bits per heavy atom. The molecule has 0 unspecified atom stereocenters. The molecule has 1 aliphatic rings. The van der Waals surface area contributed by atoms with Crippen LogP contribution >= 0.6 is 27.3 Å². The fraction of sp³-hybridized carbons (Fsp3) is 0.103. The highest BCUT2D eigenvalue weighted by atomic mass is 79.9. The quantitative estimate of drug-likeness (QED) is 0.321. The van der Waals surface area contributed by atoms with Crippen LogP contribution in [0.1, 0.15) is 24.1 Å². The van der Waals surface area contributed by atoms with E-state index in [4.69, 9.17) is 9.84 Å². The average molecular weight is 622 g/mol. The number of allylic oxidation sites excluding steroid dienone is 1. The topological polar surface area (TPSA) is 110 Å². The largest absolute Gasteiger partial charge is 0.481 e. The zero-order chi connectivity index (χ0) is 28.4. The second kappa shape index (κ2) is 11.4. The van der Waals surface area contributed by atoms with Crippen LogP contribution in [0.2, 0.25) is 0 Å². The lowest BCUT2D eigenvalue weighted by Gasteiger charge is -2.25. The number of carbonyl (C=O) groups excluding carboxylic acids is 1. The van der Waals surface area contributed by atoms with Gasteiger partial charge in [-0.2, -0.15) is 0 Å². The van der Waals surface area contributed by atoms with Crippen molar-refractivity contribution in [2.45, 2.75) is 13.0 Å². The van der Waals surface area contributed by atoms with Crippen molar-refractivity contribution in [2.75, 3.05) is 11.9 Å². The molecule has 8 nitrogen and oxygen atoms in total. The molecular weight excluding hydrogens is 601 g/mol. The van der Waals surface area contributed by atoms with E-state index in [-0.39, 0.29) is 11.1 Å². The Kier molecular flexibility index (Phi) is 7.76. The first-order valence-electron chi connectivity index (χ1n) is 12.0. The van der Waals surface area contributed by atoms with Gasteiger partial charge in [0.25, 0.3) is 11.5 Å². The monoisotopic (exact) mass is 621 g/mol. The molecule has 5 rings (SSSR count). The van der Waals surface area contributed by atoms with E-state index in [9.17, 15) is 18.8 Å². The first-order chi connectivity index (χ1) is 19.2. The maximum Gasteiger partial charge on any atom is 0.341 e. The number of nitrogens with one attached hydrogen (secondary N) is 1. The molecule has 0 radical (unpaired) electrons. The van der Waals surface area contributed by atoms with Crippen LogP contribution in [0.15, 0.2) is 98.3 Å². The van der Waals surface area contributed by atoms with E-state index in [1.54, 1.807) is 67.6 Å². The molecule has 0 saturated carbocycles. The number of carbonyl (C=O) groups is 2. The summed E-state index contributed by atoms with van der Waals surface area (Å²) >= 11 is 4.54. The fourth-order valence-electron chi connectivity index (χ4n) is 4.31. The van der Waals surface area contributed by atoms with Crippen molar-refractivity contribution in [3.05, 3.63) is 125 Å². The van der Waals surface area contributed by atoms with Gasteiger partial charge in [-0.1, -0.05) is 47.7 Å². The lowest BCUT2D eigenvalue weighted by atomic mass is 9.95. The van der Waals surface area contributed by atoms with Crippen LogP contribution in [0, 0.1) is 5.82 Å². The van der Waals surface area contributed by atoms with Gasteiger partial charge in [-0.25, -0.2) is 14.2 Å². The summed E-state index contributed by atoms with van der Waals surface area (Å²) in [7, 11) is 0. The number of benzene rings is 3. The molecular formula is C29H21BrFN3O5S. The summed E-state index contributed by atoms with van der Waals surface area (Å²) in [6.07, 6.45) is 1.68. The van der Waals surface area contributed by atoms with E-state index in [2.05, 4.69) is 26.2 Å². The smallest absolute Gasteiger partial charge is 0.341 e. The summed E-state index contributed by atoms with van der Waals surface area (Å²) in [6.45, 7) is 1.22. The van der Waals surface area contributed by atoms with E-state index >= 15 is 0 Å². The van der Waals surface area contributed by atoms with Crippen LogP contribution in [0.4, 0.5) is 10.1 Å². The molecule has 1 atom stereocenters. The first-order valence-corrected chi connectivity index (χ1v) is 13.6. The summed E-state index contributed by atoms with van der Waals surface area (Å²) in [4.78, 5) is 43.1. The summed E-state index contributed by atoms with van der Waals surface area (Å²) in [5, 5.41) is 11.7. The molecule has 0 fully saturated rings. The predicted octanol–water partition coefficient (Wildman–Crippen LogP) is 4.24. The molecule has 40 heavy (non-hydrogen) atoms. The third-order valence-electron chi connectivity index (χ3n) is 6.09. The van der Waals surface area contributed by atoms with Gasteiger partial charge in [0.15, 0.2) is 11.4 Å². The maximum absolute atomic E-state index is 13.8. The van der Waals surface area contributed by atoms with Crippen molar-refractivity contribution < 1.29 is 23.8 Å². The first kappa shape index (κ1) is 27.2. The maximum atomic E-state index is 13.8. The second-order valence-electron chi connectivity index (χ2n) is 8.83. The van der Waals surface area contributed by atoms with Crippen molar-refractivity contribution in [3.8, 4) is 5.75 Å². The average Bonchev–Trinajstić information content (AvgIpc) is 3.22. The minimum atomic E-state index is -1.10. The normalized spacial score (nSPS) is 14.9. The van der Waals surface area contributed by atoms with E-state index < -0.39 is 30.3 Å². The van der Waals surface area contributed by atoms with Gasteiger partial charge in [-0.05, 0) is 76.5 Å². The van der Waals surface area contributed by atoms with Gasteiger partial charge in [-0.3, -0.25) is 14.2 Å². The van der Waals surface area contributed by atoms with Crippen LogP contribution in [-0.2, 0) is 9.59 Å². The number of ether oxygens (including phenoxy) is 1. The summed E-state index contributed by atoms with van der Waals surface area (Å²) in [6, 6.07) is 18.8. The number of hydrogen-bond acceptors (Lipinski definition) is 6. The molecule has 202 valence electrons. The summed E-state index contributed by atoms with van der Waals surface area (Å²) in [5.41, 5.74) is 2.16. The van der Waals surface area contributed by atoms with Crippen LogP contribution in [0.3, 0.4) is 0 Å². The SMILES string of the molecule is CC1=C(C(=O)Nc2ccccc2)[C@@H](c2ccc(F)cc2)n2c(s/c(=C/c3ccc(OCC(=O)O)c(Br)c3)c2=O)=N1. The number of hydrogen-bond donors (Lipinski definition) is 2. The molecule has 0 saturated heterocycles. The number of fused-ring (bicyclic) bond motifs is 1. The number of carboxylic acids is 1. The molecule has 2 heterocycles. The van der Waals surface area contributed by atoms with E-state index in [0.717, 1.165) is 0 Å². The number of aromatic nitrogens is 1. The molecule has 0 spiro atoms. The van der Waals surface area contributed by atoms with Gasteiger partial charge in [-0.15, -0.1) is 0 Å². The highest BCUT2D eigenvalue weighted by Gasteiger charge is 2.32. The molecule has 1 aromatic heterocycles. The van der Waals surface area contributed by atoms with Gasteiger partial charge in [0.05, 0.1) is 26.3 Å². The highest BCUT2D eigenvalue weighted by Crippen LogP contribution is 2.31. The molecule has 2 N–H and O–H groups in total. The van der Waals surface area contributed by atoms with Crippen LogP contribution in [-0.4, -0.2) is 28.2 Å². The van der Waals surface area contributed by atoms with Gasteiger partial charge in [0, 0.05) is 5.69 Å². The number of para-hydroxylation sites is 1. The van der Waals surface area contributed by atoms with Crippen molar-refractivity contribution in [3.63, 3.8) is 0 Å². The number of thiazole rings is 1. The Bertz CT molecular complexity index is 1830. The van der Waals surface area contributed by atoms with Crippen molar-refractivity contribution in [1.82, 2.24) is 4.57 Å². The van der Waals surface area contributed by atoms with Crippen LogP contribution in [0.5, 0.6) is 5.75 Å². The van der Waals surface area contributed by atoms with E-state index in [1.165, 1.54) is 28.0 Å². The second-order valence-corrected chi connectivity index (χ2v) is 10.7. The summed E-state index contributed by atoms with van der Waals surface area (Å²) < 4.78 is 21.4. The number of halogens is 2. The van der Waals surface area contributed by atoms with Crippen LogP contribution in [0.25, 0.3) is 6.08 Å². The van der Waals surface area contributed by atoms with Gasteiger partial charge >= 0.3 is 5.97 Å². The van der Waals surface area contributed by atoms with Crippen molar-refractivity contribution >= 4 is 50.9 Å². The minimum Gasteiger partial charge on any atom is -0.481 e. The zero-order valence-electron chi connectivity index (χ0n) is 20.9. The Morgan fingerprint density at radius 3 is 2.55 bits per heavy atom. The molecule has 4 aromatic rings. The van der Waals surface area contributed by atoms with Gasteiger partial charge < -0.3 is 15.2 Å². The zero-order valence-corrected chi connectivity index (χ0v) is 23.3. The van der Waals surface area contributed by atoms with E-state index in [1.807, 2.05) is 6.07 Å². The van der Waals surface area contributed by atoms with Gasteiger partial charge in [0.1, 0.15) is 11.6 Å². The fourth-order valence-corrected chi connectivity index (χ4v) is 5.86. The highest BCUT2D eigenvalue weighted by molar-refractivity contribution is 9.10. The number of amides is 1. The predicted molar refractivity (Wildman–Crippen MR) is 153 cm³/mol. The number of nitrogens with zero attached hydrogens (tertiary/aromatic N) is 2. The van der Waals surface area contributed by atoms with Crippen LogP contribution < -0.4 is 24.9 Å².